The van der Waals surface area contributed by atoms with Gasteiger partial charge >= 0.3 is 6.03 Å². The van der Waals surface area contributed by atoms with Crippen molar-refractivity contribution >= 4 is 58.3 Å². The van der Waals surface area contributed by atoms with Crippen LogP contribution in [0.2, 0.25) is 10.0 Å². The Labute approximate surface area is 178 Å². The molecular formula is C18H21Cl2N7O2. The van der Waals surface area contributed by atoms with Crippen molar-refractivity contribution in [2.24, 2.45) is 0 Å². The fourth-order valence-corrected chi connectivity index (χ4v) is 3.14. The average Bonchev–Trinajstić information content (AvgIpc) is 2.71. The van der Waals surface area contributed by atoms with Crippen molar-refractivity contribution < 1.29 is 9.59 Å². The molecule has 0 saturated carbocycles. The van der Waals surface area contributed by atoms with Crippen molar-refractivity contribution in [1.82, 2.24) is 19.8 Å². The van der Waals surface area contributed by atoms with E-state index in [4.69, 9.17) is 23.2 Å². The second-order valence-corrected chi connectivity index (χ2v) is 7.20. The van der Waals surface area contributed by atoms with Crippen LogP contribution in [0.4, 0.5) is 27.9 Å². The molecule has 0 unspecified atom stereocenters. The first kappa shape index (κ1) is 20.9. The summed E-state index contributed by atoms with van der Waals surface area (Å²) in [6, 6.07) is 4.83. The number of nitrogens with one attached hydrogen (secondary N) is 3. The molecule has 1 aromatic carbocycles. The van der Waals surface area contributed by atoms with Gasteiger partial charge in [-0.3, -0.25) is 4.79 Å². The number of piperazine rings is 1. The topological polar surface area (TPSA) is 102 Å². The normalized spacial score (nSPS) is 13.8. The molecule has 1 saturated heterocycles. The predicted octanol–water partition coefficient (Wildman–Crippen LogP) is 3.26. The van der Waals surface area contributed by atoms with Crippen molar-refractivity contribution in [3.63, 3.8) is 0 Å². The summed E-state index contributed by atoms with van der Waals surface area (Å²) in [5.74, 6) is 0.806. The van der Waals surface area contributed by atoms with Gasteiger partial charge in [-0.15, -0.1) is 0 Å². The molecule has 0 atom stereocenters. The van der Waals surface area contributed by atoms with Crippen molar-refractivity contribution in [2.75, 3.05) is 49.2 Å². The number of benzene rings is 1. The van der Waals surface area contributed by atoms with Gasteiger partial charge < -0.3 is 25.8 Å². The summed E-state index contributed by atoms with van der Waals surface area (Å²) >= 11 is 11.9. The van der Waals surface area contributed by atoms with Crippen LogP contribution < -0.4 is 16.0 Å². The molecule has 0 bridgehead atoms. The summed E-state index contributed by atoms with van der Waals surface area (Å²) in [6.07, 6.45) is 1.52. The number of amides is 3. The van der Waals surface area contributed by atoms with Gasteiger partial charge in [0.25, 0.3) is 0 Å². The van der Waals surface area contributed by atoms with E-state index in [9.17, 15) is 9.59 Å². The lowest BCUT2D eigenvalue weighted by atomic mass is 10.3. The van der Waals surface area contributed by atoms with E-state index in [1.54, 1.807) is 35.0 Å². The van der Waals surface area contributed by atoms with Gasteiger partial charge in [0, 0.05) is 45.8 Å². The highest BCUT2D eigenvalue weighted by molar-refractivity contribution is 6.42. The number of carbonyl (C=O) groups excluding carboxylic acids is 2. The Hall–Kier alpha value is -2.78. The zero-order chi connectivity index (χ0) is 21.0. The summed E-state index contributed by atoms with van der Waals surface area (Å²) < 4.78 is 0. The van der Waals surface area contributed by atoms with Crippen LogP contribution in [0.15, 0.2) is 24.4 Å². The number of hydrogen-bond donors (Lipinski definition) is 3. The van der Waals surface area contributed by atoms with E-state index in [0.717, 1.165) is 0 Å². The molecule has 2 heterocycles. The van der Waals surface area contributed by atoms with Crippen molar-refractivity contribution in [2.45, 2.75) is 6.92 Å². The SMILES string of the molecule is CNc1nc(Nc2ccc(Cl)c(Cl)c2)ncc1NC(=O)N1CCN(C(C)=O)CC1. The van der Waals surface area contributed by atoms with E-state index in [1.165, 1.54) is 13.1 Å². The second kappa shape index (κ2) is 9.15. The Bertz CT molecular complexity index is 917. The molecule has 154 valence electrons. The van der Waals surface area contributed by atoms with Gasteiger partial charge in [-0.25, -0.2) is 9.78 Å². The quantitative estimate of drug-likeness (QED) is 0.677. The summed E-state index contributed by atoms with van der Waals surface area (Å²) in [7, 11) is 1.70. The highest BCUT2D eigenvalue weighted by Crippen LogP contribution is 2.27. The van der Waals surface area contributed by atoms with Crippen LogP contribution in [0.5, 0.6) is 0 Å². The van der Waals surface area contributed by atoms with Crippen molar-refractivity contribution in [1.29, 1.82) is 0 Å². The van der Waals surface area contributed by atoms with Gasteiger partial charge in [-0.1, -0.05) is 23.2 Å². The summed E-state index contributed by atoms with van der Waals surface area (Å²) in [4.78, 5) is 35.9. The van der Waals surface area contributed by atoms with Gasteiger partial charge in [-0.05, 0) is 18.2 Å². The molecule has 11 heteroatoms. The molecule has 3 N–H and O–H groups in total. The standard InChI is InChI=1S/C18H21Cl2N7O2/c1-11(28)26-5-7-27(8-6-26)18(29)24-15-10-22-17(25-16(15)21-2)23-12-3-4-13(19)14(20)9-12/h3-4,9-10H,5-8H2,1-2H3,(H,24,29)(H2,21,22,23,25). The van der Waals surface area contributed by atoms with Gasteiger partial charge in [0.15, 0.2) is 5.82 Å². The Morgan fingerprint density at radius 3 is 2.38 bits per heavy atom. The summed E-state index contributed by atoms with van der Waals surface area (Å²) in [5.41, 5.74) is 1.13. The van der Waals surface area contributed by atoms with Crippen LogP contribution >= 0.6 is 23.2 Å². The molecule has 3 amide bonds. The minimum Gasteiger partial charge on any atom is -0.371 e. The number of anilines is 4. The number of urea groups is 1. The number of halogens is 2. The predicted molar refractivity (Wildman–Crippen MR) is 114 cm³/mol. The molecule has 1 aliphatic heterocycles. The molecule has 2 aromatic rings. The van der Waals surface area contributed by atoms with Gasteiger partial charge in [0.1, 0.15) is 5.69 Å². The third-order valence-corrected chi connectivity index (χ3v) is 5.19. The zero-order valence-corrected chi connectivity index (χ0v) is 17.5. The van der Waals surface area contributed by atoms with Crippen LogP contribution in [-0.2, 0) is 4.79 Å². The third-order valence-electron chi connectivity index (χ3n) is 4.46. The molecule has 0 spiro atoms. The summed E-state index contributed by atoms with van der Waals surface area (Å²) in [6.45, 7) is 3.51. The monoisotopic (exact) mass is 437 g/mol. The van der Waals surface area contributed by atoms with Crippen molar-refractivity contribution in [3.8, 4) is 0 Å². The van der Waals surface area contributed by atoms with E-state index in [2.05, 4.69) is 25.9 Å². The Morgan fingerprint density at radius 1 is 1.07 bits per heavy atom. The average molecular weight is 438 g/mol. The first-order valence-electron chi connectivity index (χ1n) is 8.95. The Balaban J connectivity index is 1.66. The minimum absolute atomic E-state index is 0.0148. The molecule has 0 radical (unpaired) electrons. The number of carbonyl (C=O) groups is 2. The molecule has 3 rings (SSSR count). The largest absolute Gasteiger partial charge is 0.371 e. The second-order valence-electron chi connectivity index (χ2n) is 6.38. The lowest BCUT2D eigenvalue weighted by molar-refractivity contribution is -0.130. The van der Waals surface area contributed by atoms with E-state index >= 15 is 0 Å². The maximum atomic E-state index is 12.5. The molecule has 1 aliphatic rings. The lowest BCUT2D eigenvalue weighted by Gasteiger charge is -2.34. The van der Waals surface area contributed by atoms with E-state index < -0.39 is 0 Å². The van der Waals surface area contributed by atoms with Crippen LogP contribution in [0.25, 0.3) is 0 Å². The van der Waals surface area contributed by atoms with Gasteiger partial charge in [0.2, 0.25) is 11.9 Å². The first-order chi connectivity index (χ1) is 13.9. The van der Waals surface area contributed by atoms with E-state index in [0.29, 0.717) is 59.4 Å². The van der Waals surface area contributed by atoms with Crippen LogP contribution in [0.3, 0.4) is 0 Å². The van der Waals surface area contributed by atoms with Gasteiger partial charge in [-0.2, -0.15) is 4.98 Å². The maximum Gasteiger partial charge on any atom is 0.322 e. The third kappa shape index (κ3) is 5.18. The van der Waals surface area contributed by atoms with Crippen LogP contribution in [0, 0.1) is 0 Å². The van der Waals surface area contributed by atoms with E-state index in [1.807, 2.05) is 0 Å². The highest BCUT2D eigenvalue weighted by atomic mass is 35.5. The minimum atomic E-state index is -0.265. The Morgan fingerprint density at radius 2 is 1.76 bits per heavy atom. The number of hydrogen-bond acceptors (Lipinski definition) is 6. The van der Waals surface area contributed by atoms with Crippen LogP contribution in [0.1, 0.15) is 6.92 Å². The molecule has 29 heavy (non-hydrogen) atoms. The zero-order valence-electron chi connectivity index (χ0n) is 16.0. The number of nitrogens with zero attached hydrogens (tertiary/aromatic N) is 4. The fraction of sp³-hybridized carbons (Fsp3) is 0.333. The number of rotatable bonds is 4. The Kier molecular flexibility index (Phi) is 6.60. The van der Waals surface area contributed by atoms with E-state index in [-0.39, 0.29) is 11.9 Å². The maximum absolute atomic E-state index is 12.5. The smallest absolute Gasteiger partial charge is 0.322 e. The highest BCUT2D eigenvalue weighted by Gasteiger charge is 2.23. The molecule has 0 aliphatic carbocycles. The molecular weight excluding hydrogens is 417 g/mol. The molecule has 9 nitrogen and oxygen atoms in total. The van der Waals surface area contributed by atoms with Crippen molar-refractivity contribution in [3.05, 3.63) is 34.4 Å². The lowest BCUT2D eigenvalue weighted by Crippen LogP contribution is -2.51. The van der Waals surface area contributed by atoms with Crippen LogP contribution in [-0.4, -0.2) is 64.9 Å². The summed E-state index contributed by atoms with van der Waals surface area (Å²) in [5, 5.41) is 9.67. The van der Waals surface area contributed by atoms with Gasteiger partial charge in [0.05, 0.1) is 16.2 Å². The first-order valence-corrected chi connectivity index (χ1v) is 9.71. The fourth-order valence-electron chi connectivity index (χ4n) is 2.85. The molecule has 1 fully saturated rings. The number of aromatic nitrogens is 2. The molecule has 1 aromatic heterocycles.